The Morgan fingerprint density at radius 2 is 1.61 bits per heavy atom. The van der Waals surface area contributed by atoms with Crippen molar-refractivity contribution >= 4 is 12.0 Å². The van der Waals surface area contributed by atoms with Crippen LogP contribution in [0.4, 0.5) is 26.3 Å². The summed E-state index contributed by atoms with van der Waals surface area (Å²) in [6, 6.07) is 0. The maximum Gasteiger partial charge on any atom is 0.443 e. The molecule has 1 aliphatic rings. The third-order valence-corrected chi connectivity index (χ3v) is 1.87. The van der Waals surface area contributed by atoms with Crippen LogP contribution < -0.4 is 0 Å². The first-order valence-corrected chi connectivity index (χ1v) is 4.64. The lowest BCUT2D eigenvalue weighted by Crippen LogP contribution is -2.56. The van der Waals surface area contributed by atoms with E-state index in [1.165, 1.54) is 6.92 Å². The second-order valence-electron chi connectivity index (χ2n) is 3.21. The van der Waals surface area contributed by atoms with Crippen LogP contribution in [0.2, 0.25) is 0 Å². The summed E-state index contributed by atoms with van der Waals surface area (Å²) < 4.78 is 84.7. The van der Waals surface area contributed by atoms with Crippen molar-refractivity contribution in [3.63, 3.8) is 0 Å². The molecule has 10 heteroatoms. The van der Waals surface area contributed by atoms with Gasteiger partial charge in [0, 0.05) is 6.92 Å². The summed E-state index contributed by atoms with van der Waals surface area (Å²) in [6.45, 7) is 2.01. The van der Waals surface area contributed by atoms with Crippen LogP contribution in [0.25, 0.3) is 0 Å². The van der Waals surface area contributed by atoms with Crippen LogP contribution in [0.3, 0.4) is 0 Å². The standard InChI is InChI=1S/C8H8F6N2O2/c1-3-17-5-16-6(7(9,10)11,8(12,13)14)15-4(2)18-5/h3H2,1-2H3. The molecule has 0 aromatic heterocycles. The Morgan fingerprint density at radius 1 is 1.11 bits per heavy atom. The van der Waals surface area contributed by atoms with Crippen molar-refractivity contribution in [3.05, 3.63) is 0 Å². The highest BCUT2D eigenvalue weighted by molar-refractivity contribution is 5.88. The molecule has 0 N–H and O–H groups in total. The van der Waals surface area contributed by atoms with Gasteiger partial charge in [-0.15, -0.1) is 0 Å². The van der Waals surface area contributed by atoms with Crippen LogP contribution >= 0.6 is 0 Å². The number of rotatable bonds is 1. The van der Waals surface area contributed by atoms with Crippen molar-refractivity contribution < 1.29 is 35.8 Å². The van der Waals surface area contributed by atoms with Crippen LogP contribution in [-0.2, 0) is 9.47 Å². The molecule has 0 spiro atoms. The van der Waals surface area contributed by atoms with Gasteiger partial charge in [-0.2, -0.15) is 31.3 Å². The molecule has 0 saturated carbocycles. The van der Waals surface area contributed by atoms with E-state index in [-0.39, 0.29) is 6.61 Å². The van der Waals surface area contributed by atoms with Gasteiger partial charge < -0.3 is 9.47 Å². The fourth-order valence-electron chi connectivity index (χ4n) is 1.16. The normalized spacial score (nSPS) is 19.8. The van der Waals surface area contributed by atoms with Gasteiger partial charge in [0.25, 0.3) is 0 Å². The maximum absolute atomic E-state index is 12.6. The van der Waals surface area contributed by atoms with E-state index >= 15 is 0 Å². The zero-order chi connectivity index (χ0) is 14.2. The lowest BCUT2D eigenvalue weighted by molar-refractivity contribution is -0.294. The molecular weight excluding hydrogens is 270 g/mol. The number of hydrogen-bond acceptors (Lipinski definition) is 4. The first-order valence-electron chi connectivity index (χ1n) is 4.64. The maximum atomic E-state index is 12.6. The van der Waals surface area contributed by atoms with Crippen LogP contribution in [0, 0.1) is 0 Å². The number of halogens is 6. The van der Waals surface area contributed by atoms with Crippen LogP contribution in [0.15, 0.2) is 9.98 Å². The molecule has 0 aromatic rings. The second-order valence-corrected chi connectivity index (χ2v) is 3.21. The highest BCUT2D eigenvalue weighted by Gasteiger charge is 2.74. The number of aliphatic imine (C=N–C) groups is 2. The molecule has 0 unspecified atom stereocenters. The topological polar surface area (TPSA) is 43.2 Å². The van der Waals surface area contributed by atoms with Gasteiger partial charge in [-0.25, -0.2) is 4.99 Å². The zero-order valence-electron chi connectivity index (χ0n) is 9.19. The van der Waals surface area contributed by atoms with Crippen molar-refractivity contribution in [2.45, 2.75) is 31.9 Å². The molecule has 0 aliphatic carbocycles. The predicted octanol–water partition coefficient (Wildman–Crippen LogP) is 2.65. The molecule has 0 fully saturated rings. The van der Waals surface area contributed by atoms with E-state index in [1.807, 2.05) is 0 Å². The minimum absolute atomic E-state index is 0.197. The summed E-state index contributed by atoms with van der Waals surface area (Å²) >= 11 is 0. The Bertz CT molecular complexity index is 370. The molecule has 1 aliphatic heterocycles. The number of nitrogens with zero attached hydrogens (tertiary/aromatic N) is 2. The Morgan fingerprint density at radius 3 is 2.00 bits per heavy atom. The molecular formula is C8H8F6N2O2. The minimum atomic E-state index is -5.75. The van der Waals surface area contributed by atoms with E-state index in [9.17, 15) is 26.3 Å². The summed E-state index contributed by atoms with van der Waals surface area (Å²) in [7, 11) is 0. The number of ether oxygens (including phenoxy) is 2. The van der Waals surface area contributed by atoms with Crippen LogP contribution in [0.1, 0.15) is 13.8 Å². The Balaban J connectivity index is 3.38. The molecule has 0 aromatic carbocycles. The van der Waals surface area contributed by atoms with Gasteiger partial charge in [0.15, 0.2) is 5.90 Å². The first kappa shape index (κ1) is 14.6. The monoisotopic (exact) mass is 278 g/mol. The highest BCUT2D eigenvalue weighted by Crippen LogP contribution is 2.48. The summed E-state index contributed by atoms with van der Waals surface area (Å²) in [5, 5.41) is 0. The minimum Gasteiger partial charge on any atom is -0.451 e. The highest BCUT2D eigenvalue weighted by atomic mass is 19.4. The lowest BCUT2D eigenvalue weighted by atomic mass is 10.1. The SMILES string of the molecule is CCOC1=NC(C(F)(F)F)(C(F)(F)F)N=C(C)O1. The summed E-state index contributed by atoms with van der Waals surface area (Å²) in [4.78, 5) is 4.90. The summed E-state index contributed by atoms with van der Waals surface area (Å²) in [5.74, 6) is -0.830. The molecule has 1 heterocycles. The molecule has 4 nitrogen and oxygen atoms in total. The first-order chi connectivity index (χ1) is 8.03. The van der Waals surface area contributed by atoms with Crippen molar-refractivity contribution in [2.75, 3.05) is 6.61 Å². The molecule has 18 heavy (non-hydrogen) atoms. The molecule has 0 radical (unpaired) electrons. The second kappa shape index (κ2) is 4.32. The molecule has 104 valence electrons. The van der Waals surface area contributed by atoms with E-state index in [0.29, 0.717) is 0 Å². The average molecular weight is 278 g/mol. The lowest BCUT2D eigenvalue weighted by Gasteiger charge is -2.32. The van der Waals surface area contributed by atoms with E-state index in [0.717, 1.165) is 6.92 Å². The molecule has 1 rings (SSSR count). The largest absolute Gasteiger partial charge is 0.451 e. The van der Waals surface area contributed by atoms with Gasteiger partial charge in [-0.3, -0.25) is 0 Å². The van der Waals surface area contributed by atoms with E-state index < -0.39 is 30.0 Å². The number of alkyl halides is 6. The molecule has 0 bridgehead atoms. The van der Waals surface area contributed by atoms with E-state index in [4.69, 9.17) is 0 Å². The van der Waals surface area contributed by atoms with E-state index in [2.05, 4.69) is 19.5 Å². The van der Waals surface area contributed by atoms with Gasteiger partial charge in [-0.1, -0.05) is 0 Å². The van der Waals surface area contributed by atoms with Crippen LogP contribution in [-0.4, -0.2) is 36.6 Å². The van der Waals surface area contributed by atoms with E-state index in [1.54, 1.807) is 0 Å². The van der Waals surface area contributed by atoms with Gasteiger partial charge in [-0.05, 0) is 6.92 Å². The van der Waals surface area contributed by atoms with Crippen molar-refractivity contribution in [2.24, 2.45) is 9.98 Å². The van der Waals surface area contributed by atoms with Crippen LogP contribution in [0.5, 0.6) is 0 Å². The third-order valence-electron chi connectivity index (χ3n) is 1.87. The zero-order valence-corrected chi connectivity index (χ0v) is 9.19. The Hall–Kier alpha value is -1.48. The fourth-order valence-corrected chi connectivity index (χ4v) is 1.16. The average Bonchev–Trinajstić information content (AvgIpc) is 2.13. The Labute approximate surface area is 97.3 Å². The van der Waals surface area contributed by atoms with Gasteiger partial charge in [0.05, 0.1) is 6.61 Å². The van der Waals surface area contributed by atoms with Crippen molar-refractivity contribution in [1.82, 2.24) is 0 Å². The van der Waals surface area contributed by atoms with Crippen molar-refractivity contribution in [1.29, 1.82) is 0 Å². The summed E-state index contributed by atoms with van der Waals surface area (Å²) in [5.41, 5.74) is -4.58. The Kier molecular flexibility index (Phi) is 3.50. The number of hydrogen-bond donors (Lipinski definition) is 0. The molecule has 0 amide bonds. The quantitative estimate of drug-likeness (QED) is 0.692. The summed E-state index contributed by atoms with van der Waals surface area (Å²) in [6.07, 6.45) is -12.6. The van der Waals surface area contributed by atoms with Gasteiger partial charge in [0.2, 0.25) is 0 Å². The molecule has 0 saturated heterocycles. The van der Waals surface area contributed by atoms with Crippen molar-refractivity contribution in [3.8, 4) is 0 Å². The fraction of sp³-hybridized carbons (Fsp3) is 0.750. The third kappa shape index (κ3) is 2.36. The van der Waals surface area contributed by atoms with Gasteiger partial charge >= 0.3 is 24.1 Å². The van der Waals surface area contributed by atoms with Gasteiger partial charge in [0.1, 0.15) is 0 Å². The molecule has 0 atom stereocenters. The predicted molar refractivity (Wildman–Crippen MR) is 48.1 cm³/mol. The smallest absolute Gasteiger partial charge is 0.443 e.